The van der Waals surface area contributed by atoms with E-state index in [2.05, 4.69) is 5.32 Å². The van der Waals surface area contributed by atoms with E-state index in [1.165, 1.54) is 0 Å². The van der Waals surface area contributed by atoms with Crippen LogP contribution in [0.2, 0.25) is 0 Å². The van der Waals surface area contributed by atoms with Crippen LogP contribution in [0, 0.1) is 11.8 Å². The molecule has 2 rings (SSSR count). The topological polar surface area (TPSA) is 234 Å². The Bertz CT molecular complexity index is 767. The number of carboxylic acids is 1. The van der Waals surface area contributed by atoms with Crippen molar-refractivity contribution in [3.05, 3.63) is 35.9 Å². The van der Waals surface area contributed by atoms with E-state index >= 15 is 0 Å². The lowest BCUT2D eigenvalue weighted by atomic mass is 9.70. The van der Waals surface area contributed by atoms with Crippen molar-refractivity contribution in [3.8, 4) is 0 Å². The van der Waals surface area contributed by atoms with Gasteiger partial charge in [-0.15, -0.1) is 0 Å². The molecule has 174 valence electrons. The second kappa shape index (κ2) is 8.76. The molecule has 11 N–H and O–H groups in total. The van der Waals surface area contributed by atoms with Crippen LogP contribution in [0.4, 0.5) is 0 Å². The van der Waals surface area contributed by atoms with E-state index in [4.69, 9.17) is 5.73 Å². The Labute approximate surface area is 177 Å². The lowest BCUT2D eigenvalue weighted by Gasteiger charge is -2.47. The van der Waals surface area contributed by atoms with E-state index in [1.54, 1.807) is 30.3 Å². The van der Waals surface area contributed by atoms with Crippen molar-refractivity contribution >= 4 is 11.9 Å². The second-order valence-corrected chi connectivity index (χ2v) is 8.01. The highest BCUT2D eigenvalue weighted by atomic mass is 16.7. The Morgan fingerprint density at radius 2 is 1.39 bits per heavy atom. The Hall–Kier alpha value is -2.16. The standard InChI is InChI=1S/C19H28N2O10/c20-16(15(23)24,10-11-4-2-1-3-5-11)21-14(22)12-6-8-13(9-7-12)17(25,18(26,27)28)19(29,30)31/h1-5,12-13,25-31H,6-10,20H2,(H,21,22)(H,23,24). The van der Waals surface area contributed by atoms with Crippen LogP contribution in [0.5, 0.6) is 0 Å². The van der Waals surface area contributed by atoms with E-state index in [0.29, 0.717) is 5.56 Å². The number of nitrogens with one attached hydrogen (secondary N) is 1. The van der Waals surface area contributed by atoms with Crippen molar-refractivity contribution in [1.29, 1.82) is 0 Å². The van der Waals surface area contributed by atoms with E-state index in [9.17, 15) is 50.4 Å². The Morgan fingerprint density at radius 1 is 0.903 bits per heavy atom. The summed E-state index contributed by atoms with van der Waals surface area (Å²) in [6, 6.07) is 8.42. The molecule has 12 nitrogen and oxygen atoms in total. The van der Waals surface area contributed by atoms with Gasteiger partial charge in [-0.2, -0.15) is 0 Å². The number of hydrogen-bond donors (Lipinski definition) is 10. The molecule has 0 saturated heterocycles. The predicted octanol–water partition coefficient (Wildman–Crippen LogP) is -3.12. The molecule has 1 aliphatic carbocycles. The summed E-state index contributed by atoms with van der Waals surface area (Å²) in [7, 11) is 0. The van der Waals surface area contributed by atoms with Crippen LogP contribution in [0.1, 0.15) is 31.2 Å². The highest BCUT2D eigenvalue weighted by molar-refractivity contribution is 5.87. The van der Waals surface area contributed by atoms with Crippen molar-refractivity contribution in [2.45, 2.75) is 55.3 Å². The highest BCUT2D eigenvalue weighted by Gasteiger charge is 2.66. The van der Waals surface area contributed by atoms with Gasteiger partial charge >= 0.3 is 17.9 Å². The molecule has 1 aromatic rings. The van der Waals surface area contributed by atoms with Crippen LogP contribution in [0.25, 0.3) is 0 Å². The van der Waals surface area contributed by atoms with Crippen LogP contribution in [0.3, 0.4) is 0 Å². The summed E-state index contributed by atoms with van der Waals surface area (Å²) in [6.07, 6.45) is -0.804. The van der Waals surface area contributed by atoms with E-state index < -0.39 is 46.9 Å². The largest absolute Gasteiger partial charge is 0.478 e. The zero-order chi connectivity index (χ0) is 23.7. The number of carboxylic acid groups (broad SMARTS) is 1. The summed E-state index contributed by atoms with van der Waals surface area (Å²) in [4.78, 5) is 24.4. The van der Waals surface area contributed by atoms with Gasteiger partial charge in [0.05, 0.1) is 0 Å². The van der Waals surface area contributed by atoms with Gasteiger partial charge in [-0.1, -0.05) is 30.3 Å². The molecule has 0 aromatic heterocycles. The SMILES string of the molecule is NC(Cc1ccccc1)(NC(=O)C1CCC(C(O)(C(O)(O)O)C(O)(O)O)CC1)C(=O)O. The number of hydrogen-bond acceptors (Lipinski definition) is 10. The smallest absolute Gasteiger partial charge is 0.344 e. The molecule has 1 aromatic carbocycles. The van der Waals surface area contributed by atoms with Gasteiger partial charge in [0.1, 0.15) is 0 Å². The monoisotopic (exact) mass is 444 g/mol. The fourth-order valence-corrected chi connectivity index (χ4v) is 3.96. The first-order valence-corrected chi connectivity index (χ1v) is 9.56. The molecule has 12 heteroatoms. The molecular weight excluding hydrogens is 416 g/mol. The summed E-state index contributed by atoms with van der Waals surface area (Å²) in [6.45, 7) is 0. The number of carbonyl (C=O) groups is 2. The van der Waals surface area contributed by atoms with Crippen molar-refractivity contribution in [2.75, 3.05) is 0 Å². The van der Waals surface area contributed by atoms with Crippen molar-refractivity contribution in [2.24, 2.45) is 17.6 Å². The van der Waals surface area contributed by atoms with E-state index in [1.807, 2.05) is 0 Å². The second-order valence-electron chi connectivity index (χ2n) is 8.01. The van der Waals surface area contributed by atoms with Crippen LogP contribution < -0.4 is 11.1 Å². The van der Waals surface area contributed by atoms with E-state index in [0.717, 1.165) is 0 Å². The minimum absolute atomic E-state index is 0.0635. The number of aliphatic hydroxyl groups is 7. The Kier molecular flexibility index (Phi) is 7.10. The van der Waals surface area contributed by atoms with Crippen LogP contribution >= 0.6 is 0 Å². The lowest BCUT2D eigenvalue weighted by Crippen LogP contribution is -2.72. The van der Waals surface area contributed by atoms with Crippen LogP contribution in [-0.2, 0) is 16.0 Å². The molecular formula is C19H28N2O10. The molecule has 1 atom stereocenters. The maximum absolute atomic E-state index is 12.6. The number of benzene rings is 1. The number of aliphatic carboxylic acids is 1. The third-order valence-corrected chi connectivity index (χ3v) is 5.77. The maximum Gasteiger partial charge on any atom is 0.344 e. The summed E-state index contributed by atoms with van der Waals surface area (Å²) < 4.78 is 0. The zero-order valence-electron chi connectivity index (χ0n) is 16.5. The predicted molar refractivity (Wildman–Crippen MR) is 102 cm³/mol. The van der Waals surface area contributed by atoms with Crippen molar-refractivity contribution < 1.29 is 50.4 Å². The molecule has 1 saturated carbocycles. The normalized spacial score (nSPS) is 22.5. The third kappa shape index (κ3) is 5.19. The van der Waals surface area contributed by atoms with Gasteiger partial charge in [0, 0.05) is 18.3 Å². The average Bonchev–Trinajstić information content (AvgIpc) is 2.66. The van der Waals surface area contributed by atoms with Gasteiger partial charge in [0.25, 0.3) is 0 Å². The summed E-state index contributed by atoms with van der Waals surface area (Å²) in [5, 5.41) is 78.3. The fraction of sp³-hybridized carbons (Fsp3) is 0.579. The molecule has 0 bridgehead atoms. The number of rotatable bonds is 8. The Balaban J connectivity index is 2.09. The van der Waals surface area contributed by atoms with Gasteiger partial charge < -0.3 is 46.2 Å². The molecule has 1 fully saturated rings. The maximum atomic E-state index is 12.6. The minimum Gasteiger partial charge on any atom is -0.478 e. The number of carbonyl (C=O) groups excluding carboxylic acids is 1. The third-order valence-electron chi connectivity index (χ3n) is 5.77. The van der Waals surface area contributed by atoms with Crippen molar-refractivity contribution in [3.63, 3.8) is 0 Å². The van der Waals surface area contributed by atoms with Crippen LogP contribution in [-0.4, -0.2) is 75.9 Å². The molecule has 0 heterocycles. The quantitative estimate of drug-likeness (QED) is 0.180. The van der Waals surface area contributed by atoms with Gasteiger partial charge in [-0.05, 0) is 31.2 Å². The van der Waals surface area contributed by atoms with Gasteiger partial charge in [0.15, 0.2) is 5.66 Å². The van der Waals surface area contributed by atoms with Gasteiger partial charge in [-0.25, -0.2) is 4.79 Å². The Morgan fingerprint density at radius 3 is 1.81 bits per heavy atom. The van der Waals surface area contributed by atoms with Gasteiger partial charge in [-0.3, -0.25) is 10.5 Å². The lowest BCUT2D eigenvalue weighted by molar-refractivity contribution is -0.506. The highest BCUT2D eigenvalue weighted by Crippen LogP contribution is 2.43. The van der Waals surface area contributed by atoms with Gasteiger partial charge in [0.2, 0.25) is 11.5 Å². The zero-order valence-corrected chi connectivity index (χ0v) is 16.5. The molecule has 0 radical (unpaired) electrons. The first kappa shape index (κ1) is 25.1. The first-order chi connectivity index (χ1) is 14.1. The molecule has 1 aliphatic rings. The number of nitrogens with two attached hydrogens (primary N) is 1. The molecule has 1 amide bonds. The first-order valence-electron chi connectivity index (χ1n) is 9.56. The minimum atomic E-state index is -4.06. The van der Waals surface area contributed by atoms with Crippen LogP contribution in [0.15, 0.2) is 30.3 Å². The summed E-state index contributed by atoms with van der Waals surface area (Å²) in [5.74, 6) is -12.5. The number of amides is 1. The summed E-state index contributed by atoms with van der Waals surface area (Å²) in [5.41, 5.74) is 0.859. The van der Waals surface area contributed by atoms with Crippen molar-refractivity contribution in [1.82, 2.24) is 5.32 Å². The molecule has 1 unspecified atom stereocenters. The fourth-order valence-electron chi connectivity index (χ4n) is 3.96. The molecule has 0 aliphatic heterocycles. The van der Waals surface area contributed by atoms with E-state index in [-0.39, 0.29) is 32.1 Å². The molecule has 0 spiro atoms. The summed E-state index contributed by atoms with van der Waals surface area (Å²) >= 11 is 0. The average molecular weight is 444 g/mol. The molecule has 31 heavy (non-hydrogen) atoms.